The zero-order valence-electron chi connectivity index (χ0n) is 8.78. The number of aromatic carboxylic acids is 1. The lowest BCUT2D eigenvalue weighted by molar-refractivity contribution is 0.0656. The first-order valence-corrected chi connectivity index (χ1v) is 6.60. The monoisotopic (exact) mass is 268 g/mol. The summed E-state index contributed by atoms with van der Waals surface area (Å²) in [6.45, 7) is 0. The predicted octanol–water partition coefficient (Wildman–Crippen LogP) is 2.64. The van der Waals surface area contributed by atoms with Crippen molar-refractivity contribution in [1.82, 2.24) is 9.97 Å². The van der Waals surface area contributed by atoms with E-state index in [0.29, 0.717) is 5.09 Å². The molecule has 2 rings (SSSR count). The van der Waals surface area contributed by atoms with E-state index < -0.39 is 5.97 Å². The van der Waals surface area contributed by atoms with Gasteiger partial charge in [0.05, 0.1) is 0 Å². The summed E-state index contributed by atoms with van der Waals surface area (Å²) in [5.74, 6) is -1.16. The summed E-state index contributed by atoms with van der Waals surface area (Å²) < 4.78 is 5.12. The molecule has 1 N–H and O–H groups in total. The van der Waals surface area contributed by atoms with Crippen molar-refractivity contribution >= 4 is 29.5 Å². The summed E-state index contributed by atoms with van der Waals surface area (Å²) >= 11 is 2.78. The molecule has 5 nitrogen and oxygen atoms in total. The van der Waals surface area contributed by atoms with E-state index in [1.54, 1.807) is 6.07 Å². The highest BCUT2D eigenvalue weighted by molar-refractivity contribution is 7.99. The third-order valence-corrected chi connectivity index (χ3v) is 3.32. The third kappa shape index (κ3) is 3.01. The van der Waals surface area contributed by atoms with E-state index >= 15 is 0 Å². The highest BCUT2D eigenvalue weighted by Crippen LogP contribution is 2.28. The maximum atomic E-state index is 10.6. The molecule has 2 aromatic heterocycles. The Morgan fingerprint density at radius 2 is 2.12 bits per heavy atom. The molecule has 17 heavy (non-hydrogen) atoms. The van der Waals surface area contributed by atoms with E-state index in [9.17, 15) is 4.79 Å². The molecule has 2 heterocycles. The van der Waals surface area contributed by atoms with Crippen LogP contribution < -0.4 is 0 Å². The van der Waals surface area contributed by atoms with Crippen molar-refractivity contribution in [3.05, 3.63) is 30.3 Å². The van der Waals surface area contributed by atoms with Gasteiger partial charge in [-0.1, -0.05) is 0 Å². The maximum absolute atomic E-state index is 10.6. The van der Waals surface area contributed by atoms with E-state index in [-0.39, 0.29) is 5.76 Å². The second kappa shape index (κ2) is 5.24. The summed E-state index contributed by atoms with van der Waals surface area (Å²) in [5, 5.41) is 10.8. The number of carboxylic acid groups (broad SMARTS) is 1. The molecule has 2 aromatic rings. The van der Waals surface area contributed by atoms with Gasteiger partial charge in [0.15, 0.2) is 5.09 Å². The fourth-order valence-electron chi connectivity index (χ4n) is 1.08. The minimum atomic E-state index is -1.08. The number of rotatable bonds is 4. The van der Waals surface area contributed by atoms with Crippen LogP contribution in [0, 0.1) is 0 Å². The van der Waals surface area contributed by atoms with E-state index in [1.807, 2.05) is 12.3 Å². The molecule has 0 bridgehead atoms. The van der Waals surface area contributed by atoms with Crippen LogP contribution in [0.25, 0.3) is 0 Å². The van der Waals surface area contributed by atoms with E-state index in [1.165, 1.54) is 35.9 Å². The van der Waals surface area contributed by atoms with Gasteiger partial charge in [-0.05, 0) is 30.2 Å². The van der Waals surface area contributed by atoms with Gasteiger partial charge < -0.3 is 9.52 Å². The lowest BCUT2D eigenvalue weighted by Crippen LogP contribution is -1.91. The number of carboxylic acids is 1. The van der Waals surface area contributed by atoms with Crippen LogP contribution in [0.5, 0.6) is 0 Å². The van der Waals surface area contributed by atoms with Crippen LogP contribution in [-0.2, 0) is 0 Å². The largest absolute Gasteiger partial charge is 0.475 e. The second-order valence-electron chi connectivity index (χ2n) is 2.92. The summed E-state index contributed by atoms with van der Waals surface area (Å²) in [4.78, 5) is 18.7. The highest BCUT2D eigenvalue weighted by Gasteiger charge is 2.10. The first kappa shape index (κ1) is 12.0. The van der Waals surface area contributed by atoms with Gasteiger partial charge in [0, 0.05) is 6.07 Å². The molecule has 0 aromatic carbocycles. The maximum Gasteiger partial charge on any atom is 0.371 e. The average Bonchev–Trinajstić information content (AvgIpc) is 2.78. The normalized spacial score (nSPS) is 10.4. The van der Waals surface area contributed by atoms with E-state index in [2.05, 4.69) is 9.97 Å². The lowest BCUT2D eigenvalue weighted by atomic mass is 10.5. The van der Waals surface area contributed by atoms with Crippen molar-refractivity contribution < 1.29 is 14.3 Å². The van der Waals surface area contributed by atoms with Crippen molar-refractivity contribution in [2.75, 3.05) is 6.26 Å². The molecule has 0 unspecified atom stereocenters. The van der Waals surface area contributed by atoms with Crippen molar-refractivity contribution in [2.24, 2.45) is 0 Å². The van der Waals surface area contributed by atoms with Crippen LogP contribution in [-0.4, -0.2) is 27.3 Å². The molecule has 0 aliphatic rings. The number of furan rings is 1. The molecular weight excluding hydrogens is 260 g/mol. The summed E-state index contributed by atoms with van der Waals surface area (Å²) in [5.41, 5.74) is 0. The average molecular weight is 268 g/mol. The quantitative estimate of drug-likeness (QED) is 0.674. The fourth-order valence-corrected chi connectivity index (χ4v) is 2.28. The summed E-state index contributed by atoms with van der Waals surface area (Å²) in [6, 6.07) is 4.84. The molecule has 0 amide bonds. The molecule has 0 atom stereocenters. The topological polar surface area (TPSA) is 76.2 Å². The molecule has 0 radical (unpaired) electrons. The van der Waals surface area contributed by atoms with Crippen LogP contribution in [0.4, 0.5) is 0 Å². The van der Waals surface area contributed by atoms with E-state index in [4.69, 9.17) is 9.52 Å². The number of nitrogens with zero attached hydrogens (tertiary/aromatic N) is 2. The molecule has 0 saturated carbocycles. The van der Waals surface area contributed by atoms with Gasteiger partial charge in [-0.15, -0.1) is 11.8 Å². The molecule has 0 fully saturated rings. The van der Waals surface area contributed by atoms with Gasteiger partial charge in [-0.25, -0.2) is 14.8 Å². The molecule has 7 heteroatoms. The number of hydrogen-bond acceptors (Lipinski definition) is 6. The Balaban J connectivity index is 2.16. The first-order valence-electron chi connectivity index (χ1n) is 4.56. The standard InChI is InChI=1S/C10H8N2O3S2/c1-16-7-4-8(12-5-11-7)17-9-3-2-6(15-9)10(13)14/h2-5H,1H3,(H,13,14). The Hall–Kier alpha value is -1.47. The van der Waals surface area contributed by atoms with Crippen molar-refractivity contribution in [3.63, 3.8) is 0 Å². The van der Waals surface area contributed by atoms with Crippen LogP contribution in [0.3, 0.4) is 0 Å². The third-order valence-electron chi connectivity index (χ3n) is 1.82. The second-order valence-corrected chi connectivity index (χ2v) is 4.78. The Kier molecular flexibility index (Phi) is 3.70. The number of thioether (sulfide) groups is 1. The molecule has 88 valence electrons. The van der Waals surface area contributed by atoms with Crippen LogP contribution in [0.1, 0.15) is 10.6 Å². The Morgan fingerprint density at radius 3 is 2.76 bits per heavy atom. The summed E-state index contributed by atoms with van der Waals surface area (Å²) in [6.07, 6.45) is 3.39. The summed E-state index contributed by atoms with van der Waals surface area (Å²) in [7, 11) is 0. The minimum Gasteiger partial charge on any atom is -0.475 e. The number of hydrogen-bond donors (Lipinski definition) is 1. The van der Waals surface area contributed by atoms with Crippen LogP contribution in [0.2, 0.25) is 0 Å². The SMILES string of the molecule is CSc1cc(Sc2ccc(C(=O)O)o2)ncn1. The number of aromatic nitrogens is 2. The lowest BCUT2D eigenvalue weighted by Gasteiger charge is -1.98. The zero-order chi connectivity index (χ0) is 12.3. The van der Waals surface area contributed by atoms with Crippen molar-refractivity contribution in [2.45, 2.75) is 15.1 Å². The number of carbonyl (C=O) groups is 1. The smallest absolute Gasteiger partial charge is 0.371 e. The molecular formula is C10H8N2O3S2. The van der Waals surface area contributed by atoms with Crippen molar-refractivity contribution in [1.29, 1.82) is 0 Å². The molecule has 0 aliphatic heterocycles. The van der Waals surface area contributed by atoms with Gasteiger partial charge in [0.25, 0.3) is 0 Å². The Morgan fingerprint density at radius 1 is 1.35 bits per heavy atom. The minimum absolute atomic E-state index is 0.0772. The van der Waals surface area contributed by atoms with E-state index in [0.717, 1.165) is 10.1 Å². The van der Waals surface area contributed by atoms with Crippen LogP contribution in [0.15, 0.2) is 44.1 Å². The predicted molar refractivity (Wildman–Crippen MR) is 63.6 cm³/mol. The molecule has 0 spiro atoms. The Labute approximate surface area is 106 Å². The highest BCUT2D eigenvalue weighted by atomic mass is 32.2. The molecule has 0 aliphatic carbocycles. The first-order chi connectivity index (χ1) is 8.19. The Bertz CT molecular complexity index is 542. The van der Waals surface area contributed by atoms with Gasteiger partial charge in [-0.2, -0.15) is 0 Å². The van der Waals surface area contributed by atoms with Crippen molar-refractivity contribution in [3.8, 4) is 0 Å². The zero-order valence-corrected chi connectivity index (χ0v) is 10.4. The van der Waals surface area contributed by atoms with Gasteiger partial charge in [0.1, 0.15) is 16.4 Å². The van der Waals surface area contributed by atoms with Gasteiger partial charge in [0.2, 0.25) is 5.76 Å². The van der Waals surface area contributed by atoms with Gasteiger partial charge >= 0.3 is 5.97 Å². The van der Waals surface area contributed by atoms with Gasteiger partial charge in [-0.3, -0.25) is 0 Å². The fraction of sp³-hybridized carbons (Fsp3) is 0.100. The molecule has 0 saturated heterocycles. The van der Waals surface area contributed by atoms with Crippen LogP contribution >= 0.6 is 23.5 Å².